The number of allylic oxidation sites excluding steroid dienone is 2. The third kappa shape index (κ3) is 18.8. The van der Waals surface area contributed by atoms with E-state index in [-0.39, 0.29) is 11.9 Å². The quantitative estimate of drug-likeness (QED) is 0.104. The van der Waals surface area contributed by atoms with Gasteiger partial charge in [-0.1, -0.05) is 137 Å². The second kappa shape index (κ2) is 26.6. The summed E-state index contributed by atoms with van der Waals surface area (Å²) < 4.78 is 4.69. The highest BCUT2D eigenvalue weighted by molar-refractivity contribution is 5.72. The largest absolute Gasteiger partial charge is 0.469 e. The lowest BCUT2D eigenvalue weighted by Gasteiger charge is -2.23. The van der Waals surface area contributed by atoms with Gasteiger partial charge in [-0.15, -0.1) is 6.58 Å². The van der Waals surface area contributed by atoms with Gasteiger partial charge in [0.1, 0.15) is 0 Å². The lowest BCUT2D eigenvalue weighted by Crippen LogP contribution is -2.21. The molecule has 264 valence electrons. The van der Waals surface area contributed by atoms with Crippen LogP contribution in [0.25, 0.3) is 5.57 Å². The third-order valence-electron chi connectivity index (χ3n) is 9.04. The fourth-order valence-electron chi connectivity index (χ4n) is 5.93. The first-order chi connectivity index (χ1) is 23.2. The summed E-state index contributed by atoms with van der Waals surface area (Å²) in [5.74, 6) is 0.976. The summed E-state index contributed by atoms with van der Waals surface area (Å²) >= 11 is 0. The molecule has 4 rings (SSSR count). The van der Waals surface area contributed by atoms with Gasteiger partial charge < -0.3 is 4.74 Å². The number of ether oxygens (including phenoxy) is 1. The molecule has 0 radical (unpaired) electrons. The topological polar surface area (TPSA) is 26.3 Å². The van der Waals surface area contributed by atoms with Gasteiger partial charge in [-0.3, -0.25) is 4.79 Å². The predicted molar refractivity (Wildman–Crippen MR) is 212 cm³/mol. The summed E-state index contributed by atoms with van der Waals surface area (Å²) in [5, 5.41) is 0. The van der Waals surface area contributed by atoms with Crippen LogP contribution in [0.2, 0.25) is 0 Å². The zero-order valence-electron chi connectivity index (χ0n) is 31.8. The Labute approximate surface area is 296 Å². The maximum absolute atomic E-state index is 11.1. The average Bonchev–Trinajstić information content (AvgIpc) is 3.10. The molecule has 0 aromatic heterocycles. The van der Waals surface area contributed by atoms with Crippen LogP contribution in [0.4, 0.5) is 0 Å². The minimum absolute atomic E-state index is 0.0168. The summed E-state index contributed by atoms with van der Waals surface area (Å²) in [4.78, 5) is 11.1. The second-order valence-corrected chi connectivity index (χ2v) is 13.5. The Balaban J connectivity index is 0.000000443. The molecule has 0 bridgehead atoms. The average molecular weight is 653 g/mol. The highest BCUT2D eigenvalue weighted by Crippen LogP contribution is 2.28. The zero-order chi connectivity index (χ0) is 35.6. The van der Waals surface area contributed by atoms with E-state index in [1.807, 2.05) is 25.1 Å². The van der Waals surface area contributed by atoms with Crippen LogP contribution in [0, 0.1) is 18.8 Å². The van der Waals surface area contributed by atoms with Crippen LogP contribution in [0.1, 0.15) is 132 Å². The van der Waals surface area contributed by atoms with Crippen molar-refractivity contribution in [3.63, 3.8) is 0 Å². The van der Waals surface area contributed by atoms with E-state index >= 15 is 0 Å². The fraction of sp³-hybridized carbons (Fsp3) is 0.500. The number of hydrogen-bond acceptors (Lipinski definition) is 2. The van der Waals surface area contributed by atoms with Gasteiger partial charge in [-0.05, 0) is 125 Å². The lowest BCUT2D eigenvalue weighted by atomic mass is 9.83. The highest BCUT2D eigenvalue weighted by Gasteiger charge is 2.24. The maximum atomic E-state index is 11.1. The smallest absolute Gasteiger partial charge is 0.308 e. The molecule has 1 aliphatic carbocycles. The van der Waals surface area contributed by atoms with Crippen LogP contribution >= 0.6 is 0 Å². The molecule has 3 aromatic carbocycles. The number of aryl methyl sites for hydroxylation is 5. The van der Waals surface area contributed by atoms with Crippen molar-refractivity contribution in [2.24, 2.45) is 11.8 Å². The zero-order valence-corrected chi connectivity index (χ0v) is 31.8. The van der Waals surface area contributed by atoms with Crippen molar-refractivity contribution in [3.8, 4) is 0 Å². The van der Waals surface area contributed by atoms with Gasteiger partial charge in [0.2, 0.25) is 0 Å². The Morgan fingerprint density at radius 2 is 1.31 bits per heavy atom. The second-order valence-electron chi connectivity index (χ2n) is 13.5. The van der Waals surface area contributed by atoms with Gasteiger partial charge in [0.25, 0.3) is 0 Å². The molecule has 0 atom stereocenters. The van der Waals surface area contributed by atoms with Gasteiger partial charge in [0.15, 0.2) is 0 Å². The minimum Gasteiger partial charge on any atom is -0.469 e. The van der Waals surface area contributed by atoms with E-state index < -0.39 is 0 Å². The standard InChI is InChI=1S/C27H38.C9H16O2.C7H8.C3H6/c1-5-7-8-9-12-24-15-17-25(18-16-24)13-10-11-14-26-20-19-23(6-2)21-27(26)22(3)4;1-7-3-5-8(6-4-7)9(10)11-2;1-7-5-3-2-4-6-7;1-3-2/h15-21H,3,5-14H2,1-2,4H3;7-8H,3-6H2,1-2H3;2-6H,1H3;3H,1H2,2H3. The number of rotatable bonds is 13. The summed E-state index contributed by atoms with van der Waals surface area (Å²) in [6, 6.07) is 26.5. The Kier molecular flexibility index (Phi) is 23.6. The first-order valence-corrected chi connectivity index (χ1v) is 18.7. The van der Waals surface area contributed by atoms with E-state index in [2.05, 4.69) is 107 Å². The molecule has 0 amide bonds. The van der Waals surface area contributed by atoms with E-state index in [9.17, 15) is 4.79 Å². The van der Waals surface area contributed by atoms with Crippen molar-refractivity contribution < 1.29 is 9.53 Å². The number of carbonyl (C=O) groups is 1. The molecule has 0 saturated heterocycles. The summed E-state index contributed by atoms with van der Waals surface area (Å²) in [5.41, 5.74) is 9.72. The number of benzene rings is 3. The molecule has 0 spiro atoms. The first-order valence-electron chi connectivity index (χ1n) is 18.7. The van der Waals surface area contributed by atoms with Crippen molar-refractivity contribution >= 4 is 11.5 Å². The minimum atomic E-state index is -0.0168. The first kappa shape index (κ1) is 42.6. The maximum Gasteiger partial charge on any atom is 0.308 e. The molecule has 48 heavy (non-hydrogen) atoms. The predicted octanol–water partition coefficient (Wildman–Crippen LogP) is 13.1. The Bertz CT molecular complexity index is 1260. The molecular weight excluding hydrogens is 585 g/mol. The fourth-order valence-corrected chi connectivity index (χ4v) is 5.93. The molecule has 0 aliphatic heterocycles. The molecule has 1 saturated carbocycles. The summed E-state index contributed by atoms with van der Waals surface area (Å²) in [6.45, 7) is 20.4. The van der Waals surface area contributed by atoms with Crippen LogP contribution < -0.4 is 0 Å². The molecule has 1 aliphatic rings. The Morgan fingerprint density at radius 1 is 0.792 bits per heavy atom. The van der Waals surface area contributed by atoms with Crippen LogP contribution in [-0.2, 0) is 35.2 Å². The summed E-state index contributed by atoms with van der Waals surface area (Å²) in [6.07, 6.45) is 18.7. The van der Waals surface area contributed by atoms with Crippen molar-refractivity contribution in [2.45, 2.75) is 131 Å². The Morgan fingerprint density at radius 3 is 1.77 bits per heavy atom. The van der Waals surface area contributed by atoms with E-state index in [1.165, 1.54) is 110 Å². The van der Waals surface area contributed by atoms with Crippen molar-refractivity contribution in [3.05, 3.63) is 125 Å². The van der Waals surface area contributed by atoms with E-state index in [0.717, 1.165) is 31.6 Å². The van der Waals surface area contributed by atoms with Crippen molar-refractivity contribution in [1.82, 2.24) is 0 Å². The number of carbonyl (C=O) groups excluding carboxylic acids is 1. The number of methoxy groups -OCH3 is 1. The van der Waals surface area contributed by atoms with E-state index in [4.69, 9.17) is 0 Å². The molecule has 3 aromatic rings. The van der Waals surface area contributed by atoms with Gasteiger partial charge in [-0.2, -0.15) is 0 Å². The van der Waals surface area contributed by atoms with Gasteiger partial charge in [0, 0.05) is 0 Å². The number of esters is 1. The van der Waals surface area contributed by atoms with Crippen LogP contribution in [-0.4, -0.2) is 13.1 Å². The monoisotopic (exact) mass is 653 g/mol. The molecule has 0 unspecified atom stereocenters. The lowest BCUT2D eigenvalue weighted by molar-refractivity contribution is -0.146. The Hall–Kier alpha value is -3.39. The molecule has 2 heteroatoms. The highest BCUT2D eigenvalue weighted by atomic mass is 16.5. The SMILES string of the molecule is C=C(C)c1cc(CC)ccc1CCCCc1ccc(CCCCCC)cc1.C=CC.COC(=O)C1CCC(C)CC1.Cc1ccccc1. The summed E-state index contributed by atoms with van der Waals surface area (Å²) in [7, 11) is 1.47. The van der Waals surface area contributed by atoms with Gasteiger partial charge in [-0.25, -0.2) is 0 Å². The van der Waals surface area contributed by atoms with Gasteiger partial charge in [0.05, 0.1) is 13.0 Å². The van der Waals surface area contributed by atoms with Crippen LogP contribution in [0.3, 0.4) is 0 Å². The normalized spacial score (nSPS) is 14.9. The van der Waals surface area contributed by atoms with Crippen molar-refractivity contribution in [1.29, 1.82) is 0 Å². The molecule has 2 nitrogen and oxygen atoms in total. The molecular formula is C46H68O2. The van der Waals surface area contributed by atoms with Gasteiger partial charge >= 0.3 is 5.97 Å². The number of hydrogen-bond donors (Lipinski definition) is 0. The number of unbranched alkanes of at least 4 members (excludes halogenated alkanes) is 4. The third-order valence-corrected chi connectivity index (χ3v) is 9.04. The van der Waals surface area contributed by atoms with Crippen LogP contribution in [0.15, 0.2) is 92.0 Å². The molecule has 0 heterocycles. The molecule has 0 N–H and O–H groups in total. The van der Waals surface area contributed by atoms with Crippen LogP contribution in [0.5, 0.6) is 0 Å². The molecule has 1 fully saturated rings. The van der Waals surface area contributed by atoms with Crippen molar-refractivity contribution in [2.75, 3.05) is 7.11 Å². The van der Waals surface area contributed by atoms with E-state index in [1.54, 1.807) is 6.08 Å². The van der Waals surface area contributed by atoms with E-state index in [0.29, 0.717) is 0 Å².